The molecule has 3 aromatic rings. The van der Waals surface area contributed by atoms with Gasteiger partial charge in [-0.3, -0.25) is 0 Å². The molecule has 2 aromatic carbocycles. The Morgan fingerprint density at radius 1 is 1.06 bits per heavy atom. The van der Waals surface area contributed by atoms with E-state index in [0.717, 1.165) is 41.7 Å². The van der Waals surface area contributed by atoms with Crippen molar-refractivity contribution >= 4 is 17.5 Å². The third-order valence-electron chi connectivity index (χ3n) is 5.07. The van der Waals surface area contributed by atoms with Gasteiger partial charge in [-0.15, -0.1) is 0 Å². The maximum Gasteiger partial charge on any atom is 0.193 e. The number of para-hydroxylation sites is 1. The quantitative estimate of drug-likeness (QED) is 0.444. The van der Waals surface area contributed by atoms with Gasteiger partial charge in [0.15, 0.2) is 5.96 Å². The summed E-state index contributed by atoms with van der Waals surface area (Å²) >= 11 is 0. The largest absolute Gasteiger partial charge is 0.457 e. The molecule has 2 atom stereocenters. The van der Waals surface area contributed by atoms with E-state index >= 15 is 0 Å². The lowest BCUT2D eigenvalue weighted by Crippen LogP contribution is -2.45. The molecule has 7 nitrogen and oxygen atoms in total. The Bertz CT molecular complexity index is 1030. The average molecular weight is 432 g/mol. The van der Waals surface area contributed by atoms with Crippen LogP contribution in [0, 0.1) is 0 Å². The van der Waals surface area contributed by atoms with Crippen molar-refractivity contribution in [3.8, 4) is 11.5 Å². The van der Waals surface area contributed by atoms with Crippen molar-refractivity contribution in [1.82, 2.24) is 4.98 Å². The Hall–Kier alpha value is -3.58. The summed E-state index contributed by atoms with van der Waals surface area (Å²) in [5, 5.41) is 3.12. The first-order chi connectivity index (χ1) is 15.5. The smallest absolute Gasteiger partial charge is 0.193 e. The minimum absolute atomic E-state index is 0.201. The van der Waals surface area contributed by atoms with Crippen LogP contribution in [-0.4, -0.2) is 36.2 Å². The number of nitrogens with zero attached hydrogens (tertiary/aromatic N) is 3. The molecule has 0 bridgehead atoms. The van der Waals surface area contributed by atoms with Crippen molar-refractivity contribution in [2.75, 3.05) is 23.3 Å². The highest BCUT2D eigenvalue weighted by atomic mass is 16.5. The molecule has 0 spiro atoms. The number of aromatic nitrogens is 1. The molecular formula is C25H29N5O2. The van der Waals surface area contributed by atoms with Gasteiger partial charge in [-0.2, -0.15) is 0 Å². The highest BCUT2D eigenvalue weighted by Crippen LogP contribution is 2.24. The molecule has 1 saturated heterocycles. The zero-order valence-electron chi connectivity index (χ0n) is 18.4. The first kappa shape index (κ1) is 21.6. The zero-order valence-corrected chi connectivity index (χ0v) is 18.4. The van der Waals surface area contributed by atoms with E-state index in [1.54, 1.807) is 0 Å². The summed E-state index contributed by atoms with van der Waals surface area (Å²) in [6.45, 7) is 6.32. The molecule has 0 radical (unpaired) electrons. The molecular weight excluding hydrogens is 402 g/mol. The van der Waals surface area contributed by atoms with Gasteiger partial charge in [0, 0.05) is 31.0 Å². The van der Waals surface area contributed by atoms with E-state index in [0.29, 0.717) is 12.5 Å². The monoisotopic (exact) mass is 431 g/mol. The topological polar surface area (TPSA) is 85.0 Å². The molecule has 2 heterocycles. The molecule has 1 aromatic heterocycles. The number of morpholine rings is 1. The van der Waals surface area contributed by atoms with Crippen LogP contribution in [0.25, 0.3) is 0 Å². The number of rotatable bonds is 6. The van der Waals surface area contributed by atoms with Gasteiger partial charge in [0.2, 0.25) is 0 Å². The van der Waals surface area contributed by atoms with Crippen molar-refractivity contribution in [2.24, 2.45) is 10.7 Å². The van der Waals surface area contributed by atoms with Crippen LogP contribution in [0.1, 0.15) is 19.4 Å². The van der Waals surface area contributed by atoms with Crippen molar-refractivity contribution in [2.45, 2.75) is 32.6 Å². The molecule has 1 fully saturated rings. The van der Waals surface area contributed by atoms with Crippen molar-refractivity contribution in [3.63, 3.8) is 0 Å². The van der Waals surface area contributed by atoms with E-state index in [2.05, 4.69) is 34.0 Å². The highest BCUT2D eigenvalue weighted by molar-refractivity contribution is 5.92. The lowest BCUT2D eigenvalue weighted by molar-refractivity contribution is -0.00545. The number of pyridine rings is 1. The Morgan fingerprint density at radius 2 is 1.81 bits per heavy atom. The third kappa shape index (κ3) is 5.98. The molecule has 0 saturated carbocycles. The summed E-state index contributed by atoms with van der Waals surface area (Å²) < 4.78 is 11.7. The normalized spacial score (nSPS) is 18.9. The average Bonchev–Trinajstić information content (AvgIpc) is 2.78. The van der Waals surface area contributed by atoms with Gasteiger partial charge in [-0.25, -0.2) is 9.98 Å². The summed E-state index contributed by atoms with van der Waals surface area (Å²) in [6.07, 6.45) is 2.25. The van der Waals surface area contributed by atoms with Crippen LogP contribution in [0.2, 0.25) is 0 Å². The van der Waals surface area contributed by atoms with Crippen molar-refractivity contribution < 1.29 is 9.47 Å². The van der Waals surface area contributed by atoms with Crippen molar-refractivity contribution in [3.05, 3.63) is 78.5 Å². The molecule has 2 unspecified atom stereocenters. The van der Waals surface area contributed by atoms with Crippen LogP contribution in [0.5, 0.6) is 11.5 Å². The second kappa shape index (κ2) is 10.2. The van der Waals surface area contributed by atoms with Crippen LogP contribution in [0.3, 0.4) is 0 Å². The van der Waals surface area contributed by atoms with E-state index in [1.165, 1.54) is 0 Å². The van der Waals surface area contributed by atoms with Crippen LogP contribution in [0.15, 0.2) is 77.9 Å². The lowest BCUT2D eigenvalue weighted by Gasteiger charge is -2.36. The van der Waals surface area contributed by atoms with E-state index in [4.69, 9.17) is 15.2 Å². The zero-order chi connectivity index (χ0) is 22.3. The molecule has 0 aliphatic carbocycles. The third-order valence-corrected chi connectivity index (χ3v) is 5.07. The van der Waals surface area contributed by atoms with E-state index in [1.807, 2.05) is 72.9 Å². The molecule has 7 heteroatoms. The number of guanidine groups is 1. The van der Waals surface area contributed by atoms with E-state index in [9.17, 15) is 0 Å². The van der Waals surface area contributed by atoms with Crippen LogP contribution in [0.4, 0.5) is 11.5 Å². The Labute approximate surface area is 188 Å². The highest BCUT2D eigenvalue weighted by Gasteiger charge is 2.22. The number of ether oxygens (including phenoxy) is 2. The second-order valence-electron chi connectivity index (χ2n) is 7.96. The summed E-state index contributed by atoms with van der Waals surface area (Å²) in [6, 6.07) is 21.3. The van der Waals surface area contributed by atoms with Crippen LogP contribution >= 0.6 is 0 Å². The lowest BCUT2D eigenvalue weighted by atomic mass is 10.2. The maximum atomic E-state index is 6.09. The molecule has 166 valence electrons. The summed E-state index contributed by atoms with van der Waals surface area (Å²) in [5.74, 6) is 2.80. The molecule has 32 heavy (non-hydrogen) atoms. The van der Waals surface area contributed by atoms with Crippen molar-refractivity contribution in [1.29, 1.82) is 0 Å². The van der Waals surface area contributed by atoms with Gasteiger partial charge in [0.05, 0.1) is 18.8 Å². The number of hydrogen-bond donors (Lipinski definition) is 2. The van der Waals surface area contributed by atoms with Gasteiger partial charge in [0.25, 0.3) is 0 Å². The molecule has 0 amide bonds. The maximum absolute atomic E-state index is 6.09. The summed E-state index contributed by atoms with van der Waals surface area (Å²) in [4.78, 5) is 11.3. The Balaban J connectivity index is 1.33. The van der Waals surface area contributed by atoms with Gasteiger partial charge in [0.1, 0.15) is 17.3 Å². The summed E-state index contributed by atoms with van der Waals surface area (Å²) in [7, 11) is 0. The number of aliphatic imine (C=N–C) groups is 1. The first-order valence-electron chi connectivity index (χ1n) is 10.8. The molecule has 3 N–H and O–H groups in total. The standard InChI is InChI=1S/C25H29N5O2/c1-18-16-30(17-19(2)31-18)24-12-11-20(14-27-24)15-28-25(26)29-21-7-6-10-23(13-21)32-22-8-4-3-5-9-22/h3-14,18-19H,15-17H2,1-2H3,(H3,26,28,29). The van der Waals surface area contributed by atoms with Crippen LogP contribution in [-0.2, 0) is 11.3 Å². The molecule has 1 aliphatic rings. The predicted molar refractivity (Wildman–Crippen MR) is 128 cm³/mol. The molecule has 4 rings (SSSR count). The van der Waals surface area contributed by atoms with E-state index in [-0.39, 0.29) is 12.2 Å². The molecule has 1 aliphatic heterocycles. The number of hydrogen-bond acceptors (Lipinski definition) is 5. The second-order valence-corrected chi connectivity index (χ2v) is 7.96. The van der Waals surface area contributed by atoms with Gasteiger partial charge in [-0.1, -0.05) is 30.3 Å². The van der Waals surface area contributed by atoms with Gasteiger partial charge < -0.3 is 25.4 Å². The fourth-order valence-electron chi connectivity index (χ4n) is 3.69. The Kier molecular flexibility index (Phi) is 6.87. The minimum atomic E-state index is 0.201. The van der Waals surface area contributed by atoms with Gasteiger partial charge in [-0.05, 0) is 49.7 Å². The van der Waals surface area contributed by atoms with E-state index < -0.39 is 0 Å². The minimum Gasteiger partial charge on any atom is -0.457 e. The fraction of sp³-hybridized carbons (Fsp3) is 0.280. The Morgan fingerprint density at radius 3 is 2.53 bits per heavy atom. The van der Waals surface area contributed by atoms with Crippen LogP contribution < -0.4 is 20.7 Å². The number of nitrogens with one attached hydrogen (secondary N) is 1. The number of benzene rings is 2. The fourth-order valence-corrected chi connectivity index (χ4v) is 3.69. The number of nitrogens with two attached hydrogens (primary N) is 1. The summed E-state index contributed by atoms with van der Waals surface area (Å²) in [5.41, 5.74) is 7.89. The number of anilines is 2. The predicted octanol–water partition coefficient (Wildman–Crippen LogP) is 4.41. The first-order valence-corrected chi connectivity index (χ1v) is 10.8. The SMILES string of the molecule is CC1CN(c2ccc(CN=C(N)Nc3cccc(Oc4ccccc4)c3)cn2)CC(C)O1. The van der Waals surface area contributed by atoms with Gasteiger partial charge >= 0.3 is 0 Å².